The van der Waals surface area contributed by atoms with Gasteiger partial charge < -0.3 is 29.7 Å². The molecule has 0 fully saturated rings. The van der Waals surface area contributed by atoms with Crippen LogP contribution in [0.5, 0.6) is 5.88 Å². The predicted molar refractivity (Wildman–Crippen MR) is 154 cm³/mol. The van der Waals surface area contributed by atoms with E-state index in [4.69, 9.17) is 4.74 Å². The second-order valence-electron chi connectivity index (χ2n) is 9.50. The number of amides is 1. The minimum atomic E-state index is -3.41. The molecule has 0 spiro atoms. The Kier molecular flexibility index (Phi) is 9.07. The number of carbonyl (C=O) groups excluding carboxylic acids is 1. The quantitative estimate of drug-likeness (QED) is 0.234. The number of nitrogens with one attached hydrogen (secondary N) is 2. The number of benzene rings is 1. The Labute approximate surface area is 235 Å². The first-order chi connectivity index (χ1) is 19.6. The number of alkyl halides is 3. The summed E-state index contributed by atoms with van der Waals surface area (Å²) in [4.78, 5) is 29.0. The molecule has 3 heterocycles. The van der Waals surface area contributed by atoms with E-state index >= 15 is 0 Å². The first-order valence-electron chi connectivity index (χ1n) is 12.6. The van der Waals surface area contributed by atoms with Crippen molar-refractivity contribution in [1.82, 2.24) is 24.4 Å². The third-order valence-electron chi connectivity index (χ3n) is 6.15. The van der Waals surface area contributed by atoms with E-state index < -0.39 is 24.6 Å². The summed E-state index contributed by atoms with van der Waals surface area (Å²) in [6, 6.07) is 11.0. The highest BCUT2D eigenvalue weighted by Gasteiger charge is 2.26. The van der Waals surface area contributed by atoms with Gasteiger partial charge in [0.05, 0.1) is 11.4 Å². The molecule has 4 rings (SSSR count). The fourth-order valence-corrected chi connectivity index (χ4v) is 4.08. The summed E-state index contributed by atoms with van der Waals surface area (Å²) >= 11 is 0. The van der Waals surface area contributed by atoms with Crippen LogP contribution in [0.25, 0.3) is 22.2 Å². The average molecular weight is 569 g/mol. The Morgan fingerprint density at radius 1 is 1.12 bits per heavy atom. The molecule has 41 heavy (non-hydrogen) atoms. The maximum Gasteiger partial charge on any atom is 0.304 e. The summed E-state index contributed by atoms with van der Waals surface area (Å²) < 4.78 is 47.4. The zero-order valence-electron chi connectivity index (χ0n) is 23.1. The molecular weight excluding hydrogens is 537 g/mol. The lowest BCUT2D eigenvalue weighted by molar-refractivity contribution is -0.111. The number of hydrogen-bond acceptors (Lipinski definition) is 8. The number of pyridine rings is 1. The monoisotopic (exact) mass is 568 g/mol. The summed E-state index contributed by atoms with van der Waals surface area (Å²) in [6.07, 6.45) is -1.82. The maximum absolute atomic E-state index is 14.1. The van der Waals surface area contributed by atoms with Crippen molar-refractivity contribution in [2.75, 3.05) is 49.8 Å². The van der Waals surface area contributed by atoms with Gasteiger partial charge in [0.1, 0.15) is 5.69 Å². The Hall–Kier alpha value is -4.65. The van der Waals surface area contributed by atoms with E-state index in [1.807, 2.05) is 61.1 Å². The zero-order chi connectivity index (χ0) is 29.7. The van der Waals surface area contributed by atoms with Crippen molar-refractivity contribution in [1.29, 1.82) is 0 Å². The van der Waals surface area contributed by atoms with Crippen molar-refractivity contribution in [3.05, 3.63) is 61.4 Å². The van der Waals surface area contributed by atoms with Crippen LogP contribution in [0.15, 0.2) is 61.4 Å². The highest BCUT2D eigenvalue weighted by Crippen LogP contribution is 2.36. The molecular formula is C28H31F3N8O2. The molecule has 1 atom stereocenters. The molecule has 2 N–H and O–H groups in total. The molecule has 0 radical (unpaired) electrons. The van der Waals surface area contributed by atoms with Crippen LogP contribution in [0.1, 0.15) is 0 Å². The van der Waals surface area contributed by atoms with E-state index in [2.05, 4.69) is 32.2 Å². The number of para-hydroxylation sites is 1. The Balaban J connectivity index is 1.77. The second-order valence-corrected chi connectivity index (χ2v) is 9.50. The molecule has 216 valence electrons. The molecule has 0 aliphatic rings. The average Bonchev–Trinajstić information content (AvgIpc) is 3.29. The largest absolute Gasteiger partial charge is 0.435 e. The Morgan fingerprint density at radius 3 is 2.59 bits per heavy atom. The van der Waals surface area contributed by atoms with Gasteiger partial charge in [0.25, 0.3) is 6.36 Å². The molecule has 1 unspecified atom stereocenters. The van der Waals surface area contributed by atoms with E-state index in [-0.39, 0.29) is 23.1 Å². The van der Waals surface area contributed by atoms with Crippen molar-refractivity contribution < 1.29 is 22.7 Å². The number of fused-ring (bicyclic) bond motifs is 1. The number of anilines is 4. The van der Waals surface area contributed by atoms with Crippen LogP contribution in [-0.4, -0.2) is 77.3 Å². The highest BCUT2D eigenvalue weighted by atomic mass is 19.3. The SMILES string of the molecule is C=CC(=O)Nc1cc(Nc2nccc(-c3cn(C)c4ccccc34)n2)c(OC(F)C(F)F)nc1N(C)CCN(C)C. The third-order valence-corrected chi connectivity index (χ3v) is 6.15. The highest BCUT2D eigenvalue weighted by molar-refractivity contribution is 6.01. The number of rotatable bonds is 12. The first kappa shape index (κ1) is 29.3. The molecule has 1 amide bonds. The van der Waals surface area contributed by atoms with Gasteiger partial charge >= 0.3 is 6.43 Å². The maximum atomic E-state index is 14.1. The van der Waals surface area contributed by atoms with Crippen LogP contribution in [0.3, 0.4) is 0 Å². The topological polar surface area (TPSA) is 100 Å². The fraction of sp³-hybridized carbons (Fsp3) is 0.286. The summed E-state index contributed by atoms with van der Waals surface area (Å²) in [6.45, 7) is 4.53. The molecule has 1 aromatic carbocycles. The van der Waals surface area contributed by atoms with Gasteiger partial charge in [0, 0.05) is 56.0 Å². The summed E-state index contributed by atoms with van der Waals surface area (Å²) in [7, 11) is 7.38. The first-order valence-corrected chi connectivity index (χ1v) is 12.6. The zero-order valence-corrected chi connectivity index (χ0v) is 23.1. The summed E-state index contributed by atoms with van der Waals surface area (Å²) in [5, 5.41) is 6.53. The van der Waals surface area contributed by atoms with Gasteiger partial charge in [-0.1, -0.05) is 24.8 Å². The molecule has 4 aromatic rings. The van der Waals surface area contributed by atoms with Crippen LogP contribution in [0, 0.1) is 0 Å². The minimum Gasteiger partial charge on any atom is -0.435 e. The van der Waals surface area contributed by atoms with Gasteiger partial charge in [0.15, 0.2) is 5.82 Å². The van der Waals surface area contributed by atoms with Crippen LogP contribution in [0.2, 0.25) is 0 Å². The molecule has 3 aromatic heterocycles. The molecule has 0 aliphatic carbocycles. The van der Waals surface area contributed by atoms with E-state index in [9.17, 15) is 18.0 Å². The van der Waals surface area contributed by atoms with E-state index in [1.165, 1.54) is 12.3 Å². The summed E-state index contributed by atoms with van der Waals surface area (Å²) in [5.41, 5.74) is 2.62. The number of aromatic nitrogens is 4. The Morgan fingerprint density at radius 2 is 1.88 bits per heavy atom. The predicted octanol–water partition coefficient (Wildman–Crippen LogP) is 4.84. The number of aryl methyl sites for hydroxylation is 1. The van der Waals surface area contributed by atoms with Gasteiger partial charge in [-0.15, -0.1) is 0 Å². The van der Waals surface area contributed by atoms with Crippen LogP contribution in [0.4, 0.5) is 36.3 Å². The molecule has 13 heteroatoms. The fourth-order valence-electron chi connectivity index (χ4n) is 4.08. The smallest absolute Gasteiger partial charge is 0.304 e. The number of hydrogen-bond donors (Lipinski definition) is 2. The van der Waals surface area contributed by atoms with Gasteiger partial charge in [-0.3, -0.25) is 4.79 Å². The van der Waals surface area contributed by atoms with Crippen LogP contribution >= 0.6 is 0 Å². The molecule has 0 bridgehead atoms. The van der Waals surface area contributed by atoms with Crippen molar-refractivity contribution >= 4 is 40.0 Å². The van der Waals surface area contributed by atoms with E-state index in [0.29, 0.717) is 18.8 Å². The van der Waals surface area contributed by atoms with Gasteiger partial charge in [-0.25, -0.2) is 18.7 Å². The third kappa shape index (κ3) is 6.92. The lowest BCUT2D eigenvalue weighted by Crippen LogP contribution is -2.30. The normalized spacial score (nSPS) is 12.0. The molecule has 10 nitrogen and oxygen atoms in total. The molecule has 0 aliphatic heterocycles. The van der Waals surface area contributed by atoms with Crippen molar-refractivity contribution in [2.45, 2.75) is 12.8 Å². The van der Waals surface area contributed by atoms with Gasteiger partial charge in [0.2, 0.25) is 17.7 Å². The van der Waals surface area contributed by atoms with Crippen molar-refractivity contribution in [2.24, 2.45) is 7.05 Å². The molecule has 0 saturated carbocycles. The number of likely N-dealkylation sites (N-methyl/N-ethyl adjacent to an activating group) is 2. The lowest BCUT2D eigenvalue weighted by atomic mass is 10.1. The number of halogens is 3. The number of ether oxygens (including phenoxy) is 1. The van der Waals surface area contributed by atoms with Crippen molar-refractivity contribution in [3.63, 3.8) is 0 Å². The van der Waals surface area contributed by atoms with Gasteiger partial charge in [-0.05, 0) is 38.4 Å². The van der Waals surface area contributed by atoms with Gasteiger partial charge in [-0.2, -0.15) is 9.37 Å². The number of carbonyl (C=O) groups is 1. The van der Waals surface area contributed by atoms with Crippen molar-refractivity contribution in [3.8, 4) is 17.1 Å². The standard InChI is InChI=1S/C28H31F3N8O2/c1-6-23(40)33-20-15-21(27(41-25(31)24(29)30)36-26(20)38(4)14-13-37(2)3)35-28-32-12-11-19(34-28)18-16-39(5)22-10-8-7-9-17(18)22/h6-12,15-16,24-25H,1,13-14H2,2-5H3,(H,33,40)(H,32,34,35). The minimum absolute atomic E-state index is 0.0347. The lowest BCUT2D eigenvalue weighted by Gasteiger charge is -2.25. The van der Waals surface area contributed by atoms with Crippen LogP contribution in [-0.2, 0) is 11.8 Å². The second kappa shape index (κ2) is 12.7. The van der Waals surface area contributed by atoms with Crippen LogP contribution < -0.4 is 20.3 Å². The van der Waals surface area contributed by atoms with E-state index in [0.717, 1.165) is 22.5 Å². The van der Waals surface area contributed by atoms with E-state index in [1.54, 1.807) is 18.0 Å². The Bertz CT molecular complexity index is 1540. The summed E-state index contributed by atoms with van der Waals surface area (Å²) in [5.74, 6) is -0.738. The molecule has 0 saturated heterocycles. The number of nitrogens with zero attached hydrogens (tertiary/aromatic N) is 6.